The standard InChI is InChI=1S/C15H27F6P/c1-4-7-10-22(21,11-8-5-2,12-9-6-3)14(17)13(16)15(18,19)20/h4-12H2,1-3H3/b14-13+. The molecular formula is C15H27F6P. The van der Waals surface area contributed by atoms with Crippen molar-refractivity contribution in [3.8, 4) is 0 Å². The second-order valence-electron chi connectivity index (χ2n) is 5.92. The summed E-state index contributed by atoms with van der Waals surface area (Å²) in [5.74, 6) is -2.86. The van der Waals surface area contributed by atoms with E-state index in [1.165, 1.54) is 0 Å². The molecule has 0 radical (unpaired) electrons. The Kier molecular flexibility index (Phi) is 8.46. The molecule has 0 saturated heterocycles. The normalized spacial score (nSPS) is 16.1. The van der Waals surface area contributed by atoms with Crippen LogP contribution >= 0.6 is 6.91 Å². The van der Waals surface area contributed by atoms with Crippen molar-refractivity contribution in [2.75, 3.05) is 18.5 Å². The van der Waals surface area contributed by atoms with Crippen molar-refractivity contribution in [2.45, 2.75) is 65.5 Å². The zero-order chi connectivity index (χ0) is 17.5. The van der Waals surface area contributed by atoms with E-state index >= 15 is 4.20 Å². The van der Waals surface area contributed by atoms with Gasteiger partial charge in [-0.3, -0.25) is 0 Å². The predicted molar refractivity (Wildman–Crippen MR) is 82.7 cm³/mol. The van der Waals surface area contributed by atoms with Gasteiger partial charge in [-0.2, -0.15) is 0 Å². The van der Waals surface area contributed by atoms with E-state index in [2.05, 4.69) is 0 Å². The van der Waals surface area contributed by atoms with Crippen LogP contribution in [-0.4, -0.2) is 24.7 Å². The van der Waals surface area contributed by atoms with Crippen molar-refractivity contribution >= 4 is 6.91 Å². The van der Waals surface area contributed by atoms with Crippen molar-refractivity contribution in [1.29, 1.82) is 0 Å². The van der Waals surface area contributed by atoms with Crippen LogP contribution < -0.4 is 0 Å². The number of halogens is 6. The quantitative estimate of drug-likeness (QED) is 0.282. The zero-order valence-electron chi connectivity index (χ0n) is 13.6. The van der Waals surface area contributed by atoms with E-state index in [-0.39, 0.29) is 37.7 Å². The summed E-state index contributed by atoms with van der Waals surface area (Å²) in [7, 11) is 0. The Hall–Kier alpha value is -0.250. The number of hydrogen-bond donors (Lipinski definition) is 0. The molecule has 0 unspecified atom stereocenters. The Balaban J connectivity index is 5.99. The molecule has 0 spiro atoms. The van der Waals surface area contributed by atoms with Crippen LogP contribution in [0.15, 0.2) is 11.4 Å². The van der Waals surface area contributed by atoms with Crippen LogP contribution in [-0.2, 0) is 0 Å². The average Bonchev–Trinajstić information content (AvgIpc) is 2.47. The second-order valence-corrected chi connectivity index (χ2v) is 10.8. The van der Waals surface area contributed by atoms with Gasteiger partial charge in [-0.15, -0.1) is 0 Å². The summed E-state index contributed by atoms with van der Waals surface area (Å²) in [6, 6.07) is 0. The number of rotatable bonds is 10. The van der Waals surface area contributed by atoms with Crippen molar-refractivity contribution in [1.82, 2.24) is 0 Å². The molecular weight excluding hydrogens is 325 g/mol. The van der Waals surface area contributed by atoms with Crippen LogP contribution in [0.4, 0.5) is 26.1 Å². The fraction of sp³-hybridized carbons (Fsp3) is 0.867. The molecule has 134 valence electrons. The zero-order valence-corrected chi connectivity index (χ0v) is 14.5. The minimum atomic E-state index is -5.47. The van der Waals surface area contributed by atoms with Crippen LogP contribution in [0.1, 0.15) is 59.3 Å². The first-order chi connectivity index (χ1) is 10.1. The molecule has 0 bridgehead atoms. The van der Waals surface area contributed by atoms with Crippen molar-refractivity contribution in [2.24, 2.45) is 0 Å². The van der Waals surface area contributed by atoms with E-state index in [1.54, 1.807) is 20.8 Å². The molecule has 0 saturated carbocycles. The van der Waals surface area contributed by atoms with Crippen LogP contribution in [0.5, 0.6) is 0 Å². The molecule has 7 heteroatoms. The fourth-order valence-electron chi connectivity index (χ4n) is 2.55. The Morgan fingerprint density at radius 3 is 1.32 bits per heavy atom. The van der Waals surface area contributed by atoms with Crippen molar-refractivity contribution in [3.05, 3.63) is 11.4 Å². The monoisotopic (exact) mass is 352 g/mol. The van der Waals surface area contributed by atoms with Crippen LogP contribution in [0.3, 0.4) is 0 Å². The molecule has 0 heterocycles. The van der Waals surface area contributed by atoms with Gasteiger partial charge in [-0.1, -0.05) is 0 Å². The summed E-state index contributed by atoms with van der Waals surface area (Å²) in [5.41, 5.74) is -2.13. The van der Waals surface area contributed by atoms with Gasteiger partial charge in [0.05, 0.1) is 0 Å². The minimum absolute atomic E-state index is 0.264. The van der Waals surface area contributed by atoms with Gasteiger partial charge in [-0.25, -0.2) is 0 Å². The van der Waals surface area contributed by atoms with Crippen LogP contribution in [0, 0.1) is 0 Å². The van der Waals surface area contributed by atoms with E-state index in [1.807, 2.05) is 0 Å². The average molecular weight is 352 g/mol. The molecule has 0 N–H and O–H groups in total. The predicted octanol–water partition coefficient (Wildman–Crippen LogP) is 7.49. The molecule has 0 aliphatic heterocycles. The Labute approximate surface area is 129 Å². The van der Waals surface area contributed by atoms with Crippen molar-refractivity contribution < 1.29 is 26.1 Å². The van der Waals surface area contributed by atoms with E-state index < -0.39 is 24.5 Å². The third kappa shape index (κ3) is 5.43. The second kappa shape index (κ2) is 8.56. The molecule has 0 aliphatic carbocycles. The molecule has 0 atom stereocenters. The third-order valence-electron chi connectivity index (χ3n) is 3.99. The maximum atomic E-state index is 15.9. The Morgan fingerprint density at radius 1 is 0.773 bits per heavy atom. The summed E-state index contributed by atoms with van der Waals surface area (Å²) in [6.45, 7) is 0.247. The molecule has 0 rings (SSSR count). The maximum absolute atomic E-state index is 15.9. The van der Waals surface area contributed by atoms with Gasteiger partial charge in [-0.05, 0) is 0 Å². The van der Waals surface area contributed by atoms with E-state index in [0.717, 1.165) is 0 Å². The number of alkyl halides is 3. The number of hydrogen-bond acceptors (Lipinski definition) is 0. The third-order valence-corrected chi connectivity index (χ3v) is 9.19. The molecule has 0 nitrogen and oxygen atoms in total. The van der Waals surface area contributed by atoms with E-state index in [9.17, 15) is 22.0 Å². The number of unbranched alkanes of at least 4 members (excludes halogenated alkanes) is 3. The number of allylic oxidation sites excluding steroid dienone is 1. The van der Waals surface area contributed by atoms with E-state index in [0.29, 0.717) is 19.3 Å². The topological polar surface area (TPSA) is 0 Å². The summed E-state index contributed by atoms with van der Waals surface area (Å²) in [5, 5.41) is 0. The van der Waals surface area contributed by atoms with Gasteiger partial charge >= 0.3 is 128 Å². The molecule has 0 amide bonds. The van der Waals surface area contributed by atoms with Gasteiger partial charge in [0.1, 0.15) is 0 Å². The molecule has 0 aromatic heterocycles. The summed E-state index contributed by atoms with van der Waals surface area (Å²) in [6.07, 6.45) is -3.97. The summed E-state index contributed by atoms with van der Waals surface area (Å²) >= 11 is 0. The molecule has 0 aromatic carbocycles. The SMILES string of the molecule is CCCCP(F)(CCCC)(CCCC)/C(F)=C(/F)C(F)(F)F. The van der Waals surface area contributed by atoms with Gasteiger partial charge < -0.3 is 0 Å². The molecule has 0 aliphatic rings. The van der Waals surface area contributed by atoms with Gasteiger partial charge in [0.25, 0.3) is 0 Å². The van der Waals surface area contributed by atoms with Gasteiger partial charge in [0, 0.05) is 0 Å². The Morgan fingerprint density at radius 2 is 1.09 bits per heavy atom. The van der Waals surface area contributed by atoms with Gasteiger partial charge in [0.15, 0.2) is 0 Å². The molecule has 0 aromatic rings. The van der Waals surface area contributed by atoms with Gasteiger partial charge in [0.2, 0.25) is 0 Å². The molecule has 22 heavy (non-hydrogen) atoms. The first-order valence-electron chi connectivity index (χ1n) is 7.91. The van der Waals surface area contributed by atoms with Crippen molar-refractivity contribution in [3.63, 3.8) is 0 Å². The summed E-state index contributed by atoms with van der Waals surface area (Å²) in [4.78, 5) is 0. The Bertz CT molecular complexity index is 350. The van der Waals surface area contributed by atoms with Crippen LogP contribution in [0.2, 0.25) is 0 Å². The fourth-order valence-corrected chi connectivity index (χ4v) is 7.55. The first kappa shape index (κ1) is 21.8. The van der Waals surface area contributed by atoms with Crippen LogP contribution in [0.25, 0.3) is 0 Å². The summed E-state index contributed by atoms with van der Waals surface area (Å²) < 4.78 is 81.4. The first-order valence-corrected chi connectivity index (χ1v) is 10.6. The molecule has 0 fully saturated rings. The van der Waals surface area contributed by atoms with E-state index in [4.69, 9.17) is 0 Å².